The molecule has 0 spiro atoms. The van der Waals surface area contributed by atoms with E-state index in [4.69, 9.17) is 5.26 Å². The molecule has 0 unspecified atom stereocenters. The van der Waals surface area contributed by atoms with Crippen molar-refractivity contribution < 1.29 is 13.2 Å². The molecule has 150 valence electrons. The Kier molecular flexibility index (Phi) is 5.99. The van der Waals surface area contributed by atoms with Crippen LogP contribution in [0.3, 0.4) is 0 Å². The SMILES string of the molecule is CCCCN1C(C)=NS(=O)(=O)c2cc(C(=O)Nc3ccc(CC#N)cc3)ccc21. The maximum absolute atomic E-state index is 12.6. The van der Waals surface area contributed by atoms with Crippen molar-refractivity contribution in [1.29, 1.82) is 5.26 Å². The third-order valence-corrected chi connectivity index (χ3v) is 6.05. The second-order valence-corrected chi connectivity index (χ2v) is 8.36. The molecule has 2 aromatic carbocycles. The molecule has 0 aromatic heterocycles. The van der Waals surface area contributed by atoms with Crippen LogP contribution in [-0.4, -0.2) is 26.7 Å². The first-order valence-electron chi connectivity index (χ1n) is 9.36. The van der Waals surface area contributed by atoms with Gasteiger partial charge in [0.15, 0.2) is 0 Å². The Labute approximate surface area is 170 Å². The average molecular weight is 410 g/mol. The molecule has 0 fully saturated rings. The minimum absolute atomic E-state index is 0.0382. The molecule has 7 nitrogen and oxygen atoms in total. The number of amides is 1. The van der Waals surface area contributed by atoms with Crippen molar-refractivity contribution >= 4 is 33.1 Å². The summed E-state index contributed by atoms with van der Waals surface area (Å²) in [5.41, 5.74) is 2.20. The largest absolute Gasteiger partial charge is 0.328 e. The third kappa shape index (κ3) is 4.46. The predicted octanol–water partition coefficient (Wildman–Crippen LogP) is 3.73. The highest BCUT2D eigenvalue weighted by Gasteiger charge is 2.29. The van der Waals surface area contributed by atoms with Gasteiger partial charge in [-0.05, 0) is 49.2 Å². The lowest BCUT2D eigenvalue weighted by Gasteiger charge is -2.29. The molecule has 3 rings (SSSR count). The quantitative estimate of drug-likeness (QED) is 0.782. The third-order valence-electron chi connectivity index (χ3n) is 4.66. The van der Waals surface area contributed by atoms with E-state index in [1.54, 1.807) is 43.3 Å². The van der Waals surface area contributed by atoms with Crippen LogP contribution >= 0.6 is 0 Å². The summed E-state index contributed by atoms with van der Waals surface area (Å²) in [6.45, 7) is 4.40. The molecular formula is C21H22N4O3S. The molecule has 0 bridgehead atoms. The monoisotopic (exact) mass is 410 g/mol. The molecular weight excluding hydrogens is 388 g/mol. The van der Waals surface area contributed by atoms with Gasteiger partial charge in [0, 0.05) is 17.8 Å². The lowest BCUT2D eigenvalue weighted by Crippen LogP contribution is -2.34. The second kappa shape index (κ2) is 8.45. The Morgan fingerprint density at radius 3 is 2.59 bits per heavy atom. The van der Waals surface area contributed by atoms with Crippen LogP contribution in [0.1, 0.15) is 42.6 Å². The Bertz CT molecular complexity index is 1100. The Balaban J connectivity index is 1.88. The van der Waals surface area contributed by atoms with Gasteiger partial charge < -0.3 is 10.2 Å². The minimum Gasteiger partial charge on any atom is -0.328 e. The van der Waals surface area contributed by atoms with Gasteiger partial charge in [-0.2, -0.15) is 13.7 Å². The van der Waals surface area contributed by atoms with E-state index in [2.05, 4.69) is 22.7 Å². The van der Waals surface area contributed by atoms with Crippen LogP contribution < -0.4 is 10.2 Å². The van der Waals surface area contributed by atoms with Crippen LogP contribution in [0.25, 0.3) is 0 Å². The van der Waals surface area contributed by atoms with Crippen molar-refractivity contribution in [2.75, 3.05) is 16.8 Å². The zero-order chi connectivity index (χ0) is 21.0. The summed E-state index contributed by atoms with van der Waals surface area (Å²) >= 11 is 0. The highest BCUT2D eigenvalue weighted by atomic mass is 32.2. The summed E-state index contributed by atoms with van der Waals surface area (Å²) < 4.78 is 29.0. The van der Waals surface area contributed by atoms with Crippen LogP contribution in [-0.2, 0) is 16.4 Å². The fourth-order valence-electron chi connectivity index (χ4n) is 3.13. The zero-order valence-electron chi connectivity index (χ0n) is 16.3. The summed E-state index contributed by atoms with van der Waals surface area (Å²) in [5, 5.41) is 11.5. The molecule has 0 saturated carbocycles. The van der Waals surface area contributed by atoms with Gasteiger partial charge in [-0.1, -0.05) is 25.5 Å². The lowest BCUT2D eigenvalue weighted by atomic mass is 10.1. The normalized spacial score (nSPS) is 14.5. The zero-order valence-corrected chi connectivity index (χ0v) is 17.2. The van der Waals surface area contributed by atoms with Gasteiger partial charge in [0.1, 0.15) is 10.7 Å². The first kappa shape index (κ1) is 20.6. The van der Waals surface area contributed by atoms with Gasteiger partial charge in [-0.3, -0.25) is 4.79 Å². The fourth-order valence-corrected chi connectivity index (χ4v) is 4.39. The van der Waals surface area contributed by atoms with Crippen molar-refractivity contribution in [2.24, 2.45) is 4.40 Å². The van der Waals surface area contributed by atoms with Crippen LogP contribution in [0.4, 0.5) is 11.4 Å². The van der Waals surface area contributed by atoms with E-state index in [1.165, 1.54) is 6.07 Å². The van der Waals surface area contributed by atoms with E-state index < -0.39 is 15.9 Å². The van der Waals surface area contributed by atoms with Crippen LogP contribution in [0.15, 0.2) is 51.8 Å². The Morgan fingerprint density at radius 2 is 1.93 bits per heavy atom. The minimum atomic E-state index is -3.85. The maximum Gasteiger partial charge on any atom is 0.286 e. The lowest BCUT2D eigenvalue weighted by molar-refractivity contribution is 0.102. The number of hydrogen-bond donors (Lipinski definition) is 1. The Morgan fingerprint density at radius 1 is 1.21 bits per heavy atom. The van der Waals surface area contributed by atoms with E-state index in [9.17, 15) is 13.2 Å². The molecule has 1 heterocycles. The number of sulfonamides is 1. The summed E-state index contributed by atoms with van der Waals surface area (Å²) in [6.07, 6.45) is 2.17. The number of carbonyl (C=O) groups is 1. The van der Waals surface area contributed by atoms with Gasteiger partial charge in [-0.25, -0.2) is 0 Å². The number of hydrogen-bond acceptors (Lipinski definition) is 5. The molecule has 0 aliphatic carbocycles. The van der Waals surface area contributed by atoms with Crippen LogP contribution in [0.2, 0.25) is 0 Å². The number of anilines is 2. The molecule has 1 aliphatic rings. The first-order chi connectivity index (χ1) is 13.9. The molecule has 2 aromatic rings. The predicted molar refractivity (Wildman–Crippen MR) is 113 cm³/mol. The molecule has 1 aliphatic heterocycles. The van der Waals surface area contributed by atoms with E-state index in [0.29, 0.717) is 30.2 Å². The number of rotatable bonds is 6. The molecule has 1 amide bonds. The average Bonchev–Trinajstić information content (AvgIpc) is 2.69. The smallest absolute Gasteiger partial charge is 0.286 e. The summed E-state index contributed by atoms with van der Waals surface area (Å²) in [5.74, 6) is 0.0167. The summed E-state index contributed by atoms with van der Waals surface area (Å²) in [6, 6.07) is 13.7. The number of carbonyl (C=O) groups excluding carboxylic acids is 1. The second-order valence-electron chi connectivity index (χ2n) is 6.79. The molecule has 0 saturated heterocycles. The molecule has 1 N–H and O–H groups in total. The topological polar surface area (TPSA) is 103 Å². The van der Waals surface area contributed by atoms with Gasteiger partial charge in [0.05, 0.1) is 18.2 Å². The van der Waals surface area contributed by atoms with E-state index in [0.717, 1.165) is 18.4 Å². The van der Waals surface area contributed by atoms with Crippen molar-refractivity contribution in [2.45, 2.75) is 38.0 Å². The van der Waals surface area contributed by atoms with Gasteiger partial charge in [0.2, 0.25) is 0 Å². The highest BCUT2D eigenvalue weighted by molar-refractivity contribution is 7.90. The van der Waals surface area contributed by atoms with E-state index >= 15 is 0 Å². The Hall–Kier alpha value is -3.18. The standard InChI is InChI=1S/C21H22N4O3S/c1-3-4-13-25-15(2)24-29(27,28)20-14-17(7-10-19(20)25)21(26)23-18-8-5-16(6-9-18)11-12-22/h5-10,14H,3-4,11,13H2,1-2H3,(H,23,26). The van der Waals surface area contributed by atoms with Crippen molar-refractivity contribution in [3.63, 3.8) is 0 Å². The van der Waals surface area contributed by atoms with Crippen molar-refractivity contribution in [3.05, 3.63) is 53.6 Å². The van der Waals surface area contributed by atoms with Crippen molar-refractivity contribution in [3.8, 4) is 6.07 Å². The number of nitrogens with zero attached hydrogens (tertiary/aromatic N) is 3. The number of nitrogens with one attached hydrogen (secondary N) is 1. The number of amidine groups is 1. The number of unbranched alkanes of at least 4 members (excludes halogenated alkanes) is 1. The molecule has 29 heavy (non-hydrogen) atoms. The van der Waals surface area contributed by atoms with Crippen LogP contribution in [0.5, 0.6) is 0 Å². The number of nitriles is 1. The highest BCUT2D eigenvalue weighted by Crippen LogP contribution is 2.33. The van der Waals surface area contributed by atoms with Gasteiger partial charge >= 0.3 is 0 Å². The van der Waals surface area contributed by atoms with E-state index in [-0.39, 0.29) is 10.5 Å². The molecule has 8 heteroatoms. The van der Waals surface area contributed by atoms with Gasteiger partial charge in [-0.15, -0.1) is 4.40 Å². The maximum atomic E-state index is 12.6. The molecule has 0 atom stereocenters. The summed E-state index contributed by atoms with van der Waals surface area (Å²) in [7, 11) is -3.85. The molecule has 0 radical (unpaired) electrons. The fraction of sp³-hybridized carbons (Fsp3) is 0.286. The first-order valence-corrected chi connectivity index (χ1v) is 10.8. The van der Waals surface area contributed by atoms with E-state index in [1.807, 2.05) is 4.90 Å². The van der Waals surface area contributed by atoms with Gasteiger partial charge in [0.25, 0.3) is 15.9 Å². The number of benzene rings is 2. The number of fused-ring (bicyclic) bond motifs is 1. The summed E-state index contributed by atoms with van der Waals surface area (Å²) in [4.78, 5) is 14.5. The van der Waals surface area contributed by atoms with Crippen LogP contribution in [0, 0.1) is 11.3 Å². The van der Waals surface area contributed by atoms with Crippen molar-refractivity contribution in [1.82, 2.24) is 0 Å².